The van der Waals surface area contributed by atoms with Gasteiger partial charge in [0.1, 0.15) is 0 Å². The van der Waals surface area contributed by atoms with Crippen molar-refractivity contribution in [2.75, 3.05) is 6.54 Å². The molecule has 0 bridgehead atoms. The fourth-order valence-corrected chi connectivity index (χ4v) is 2.50. The third kappa shape index (κ3) is 4.51. The molecule has 0 radical (unpaired) electrons. The van der Waals surface area contributed by atoms with Gasteiger partial charge in [-0.1, -0.05) is 13.2 Å². The minimum atomic E-state index is 0.515. The van der Waals surface area contributed by atoms with E-state index in [0.29, 0.717) is 18.7 Å². The van der Waals surface area contributed by atoms with Crippen LogP contribution in [0.25, 0.3) is 0 Å². The molecule has 0 aliphatic rings. The molecule has 0 fully saturated rings. The van der Waals surface area contributed by atoms with E-state index in [0.717, 1.165) is 21.4 Å². The summed E-state index contributed by atoms with van der Waals surface area (Å²) in [7, 11) is 0. The molecule has 0 amide bonds. The molecule has 1 heterocycles. The molecule has 15 heavy (non-hydrogen) atoms. The molecule has 0 aromatic carbocycles. The molecule has 1 aromatic rings. The van der Waals surface area contributed by atoms with Crippen molar-refractivity contribution in [2.24, 2.45) is 11.5 Å². The summed E-state index contributed by atoms with van der Waals surface area (Å²) in [5.41, 5.74) is 12.7. The van der Waals surface area contributed by atoms with Gasteiger partial charge < -0.3 is 11.5 Å². The quantitative estimate of drug-likeness (QED) is 0.798. The third-order valence-electron chi connectivity index (χ3n) is 1.63. The van der Waals surface area contributed by atoms with Crippen LogP contribution in [0.15, 0.2) is 29.1 Å². The smallest absolute Gasteiger partial charge is 0.0987 e. The van der Waals surface area contributed by atoms with Crippen molar-refractivity contribution in [2.45, 2.75) is 12.2 Å². The molecule has 5 heteroatoms. The molecule has 0 spiro atoms. The van der Waals surface area contributed by atoms with E-state index >= 15 is 0 Å². The normalized spacial score (nSPS) is 10.2. The van der Waals surface area contributed by atoms with Gasteiger partial charge in [-0.15, -0.1) is 23.1 Å². The zero-order valence-electron chi connectivity index (χ0n) is 8.53. The Bertz CT molecular complexity index is 357. The summed E-state index contributed by atoms with van der Waals surface area (Å²) in [5, 5.41) is 3.05. The highest BCUT2D eigenvalue weighted by Gasteiger charge is 2.03. The van der Waals surface area contributed by atoms with Gasteiger partial charge >= 0.3 is 0 Å². The summed E-state index contributed by atoms with van der Waals surface area (Å²) in [6.45, 7) is 7.99. The predicted molar refractivity (Wildman–Crippen MR) is 68.6 cm³/mol. The summed E-state index contributed by atoms with van der Waals surface area (Å²) in [6, 6.07) is 0. The zero-order chi connectivity index (χ0) is 11.3. The fraction of sp³-hybridized carbons (Fsp3) is 0.300. The van der Waals surface area contributed by atoms with E-state index in [1.54, 1.807) is 23.1 Å². The number of thioether (sulfide) groups is 1. The Labute approximate surface area is 98.3 Å². The summed E-state index contributed by atoms with van der Waals surface area (Å²) in [5.74, 6) is 0.823. The second kappa shape index (κ2) is 5.95. The van der Waals surface area contributed by atoms with Crippen LogP contribution in [-0.4, -0.2) is 11.5 Å². The highest BCUT2D eigenvalue weighted by molar-refractivity contribution is 8.02. The van der Waals surface area contributed by atoms with Crippen LogP contribution in [-0.2, 0) is 12.2 Å². The minimum Gasteiger partial charge on any atom is -0.402 e. The van der Waals surface area contributed by atoms with Gasteiger partial charge in [0.25, 0.3) is 0 Å². The SMILES string of the molecule is C=C(N)Cc1nc(CSC(=C)CN)cs1. The Morgan fingerprint density at radius 3 is 2.87 bits per heavy atom. The lowest BCUT2D eigenvalue weighted by Gasteiger charge is -1.99. The van der Waals surface area contributed by atoms with E-state index in [9.17, 15) is 0 Å². The highest BCUT2D eigenvalue weighted by atomic mass is 32.2. The average Bonchev–Trinajstić information content (AvgIpc) is 2.61. The van der Waals surface area contributed by atoms with E-state index in [4.69, 9.17) is 11.5 Å². The molecule has 0 saturated heterocycles. The van der Waals surface area contributed by atoms with Crippen LogP contribution >= 0.6 is 23.1 Å². The van der Waals surface area contributed by atoms with Crippen molar-refractivity contribution in [3.8, 4) is 0 Å². The van der Waals surface area contributed by atoms with Crippen LogP contribution in [0, 0.1) is 0 Å². The number of aromatic nitrogens is 1. The second-order valence-corrected chi connectivity index (χ2v) is 5.20. The van der Waals surface area contributed by atoms with E-state index < -0.39 is 0 Å². The van der Waals surface area contributed by atoms with Crippen LogP contribution in [0.1, 0.15) is 10.7 Å². The first kappa shape index (κ1) is 12.3. The largest absolute Gasteiger partial charge is 0.402 e. The molecule has 0 aliphatic carbocycles. The van der Waals surface area contributed by atoms with Crippen LogP contribution in [0.4, 0.5) is 0 Å². The first-order chi connectivity index (χ1) is 7.11. The number of thiazole rings is 1. The molecule has 0 atom stereocenters. The lowest BCUT2D eigenvalue weighted by Crippen LogP contribution is -2.00. The molecule has 0 aliphatic heterocycles. The molecule has 0 unspecified atom stereocenters. The Balaban J connectivity index is 2.46. The van der Waals surface area contributed by atoms with E-state index in [-0.39, 0.29) is 0 Å². The van der Waals surface area contributed by atoms with Crippen molar-refractivity contribution in [3.63, 3.8) is 0 Å². The number of nitrogens with two attached hydrogens (primary N) is 2. The number of allylic oxidation sites excluding steroid dienone is 1. The topological polar surface area (TPSA) is 64.9 Å². The molecule has 0 saturated carbocycles. The Kier molecular flexibility index (Phi) is 4.87. The van der Waals surface area contributed by atoms with Crippen LogP contribution < -0.4 is 11.5 Å². The van der Waals surface area contributed by atoms with Gasteiger partial charge in [0.2, 0.25) is 0 Å². The minimum absolute atomic E-state index is 0.515. The first-order valence-electron chi connectivity index (χ1n) is 4.49. The number of hydrogen-bond acceptors (Lipinski definition) is 5. The van der Waals surface area contributed by atoms with Crippen LogP contribution in [0.2, 0.25) is 0 Å². The first-order valence-corrected chi connectivity index (χ1v) is 6.35. The lowest BCUT2D eigenvalue weighted by atomic mass is 10.4. The Morgan fingerprint density at radius 2 is 2.27 bits per heavy atom. The fourth-order valence-electron chi connectivity index (χ4n) is 0.926. The Morgan fingerprint density at radius 1 is 1.53 bits per heavy atom. The van der Waals surface area contributed by atoms with Crippen molar-refractivity contribution in [1.29, 1.82) is 0 Å². The van der Waals surface area contributed by atoms with Gasteiger partial charge in [0, 0.05) is 29.8 Å². The monoisotopic (exact) mass is 241 g/mol. The summed E-state index contributed by atoms with van der Waals surface area (Å²) >= 11 is 3.24. The highest BCUT2D eigenvalue weighted by Crippen LogP contribution is 2.20. The molecule has 4 N–H and O–H groups in total. The van der Waals surface area contributed by atoms with Crippen molar-refractivity contribution in [1.82, 2.24) is 4.98 Å². The third-order valence-corrected chi connectivity index (χ3v) is 3.54. The lowest BCUT2D eigenvalue weighted by molar-refractivity contribution is 1.06. The Hall–Kier alpha value is -0.780. The standard InChI is InChI=1S/C10H15N3S2/c1-7(12)3-10-13-9(6-15-10)5-14-8(2)4-11/h6H,1-5,11-12H2. The van der Waals surface area contributed by atoms with Crippen molar-refractivity contribution >= 4 is 23.1 Å². The average molecular weight is 241 g/mol. The predicted octanol–water partition coefficient (Wildman–Crippen LogP) is 1.86. The maximum Gasteiger partial charge on any atom is 0.0987 e. The second-order valence-electron chi connectivity index (χ2n) is 3.10. The van der Waals surface area contributed by atoms with Gasteiger partial charge in [0.05, 0.1) is 10.7 Å². The number of rotatable bonds is 6. The van der Waals surface area contributed by atoms with Gasteiger partial charge in [-0.05, 0) is 4.91 Å². The van der Waals surface area contributed by atoms with Gasteiger partial charge in [-0.25, -0.2) is 4.98 Å². The number of hydrogen-bond donors (Lipinski definition) is 2. The van der Waals surface area contributed by atoms with Gasteiger partial charge in [-0.2, -0.15) is 0 Å². The molecule has 82 valence electrons. The summed E-state index contributed by atoms with van der Waals surface area (Å²) < 4.78 is 0. The van der Waals surface area contributed by atoms with Gasteiger partial charge in [0.15, 0.2) is 0 Å². The van der Waals surface area contributed by atoms with E-state index in [1.165, 1.54) is 0 Å². The van der Waals surface area contributed by atoms with E-state index in [2.05, 4.69) is 18.1 Å². The van der Waals surface area contributed by atoms with Gasteiger partial charge in [-0.3, -0.25) is 0 Å². The van der Waals surface area contributed by atoms with E-state index in [1.807, 2.05) is 5.38 Å². The molecule has 1 aromatic heterocycles. The summed E-state index contributed by atoms with van der Waals surface area (Å²) in [4.78, 5) is 5.41. The van der Waals surface area contributed by atoms with Crippen LogP contribution in [0.5, 0.6) is 0 Å². The van der Waals surface area contributed by atoms with Crippen molar-refractivity contribution in [3.05, 3.63) is 39.8 Å². The molecular weight excluding hydrogens is 226 g/mol. The zero-order valence-corrected chi connectivity index (χ0v) is 10.2. The summed E-state index contributed by atoms with van der Waals surface area (Å²) in [6.07, 6.45) is 0.660. The molecular formula is C10H15N3S2. The number of nitrogens with zero attached hydrogens (tertiary/aromatic N) is 1. The molecule has 3 nitrogen and oxygen atoms in total. The maximum atomic E-state index is 5.51. The van der Waals surface area contributed by atoms with Crippen molar-refractivity contribution < 1.29 is 0 Å². The maximum absolute atomic E-state index is 5.51. The van der Waals surface area contributed by atoms with Crippen LogP contribution in [0.3, 0.4) is 0 Å². The molecule has 1 rings (SSSR count).